The van der Waals surface area contributed by atoms with Crippen LogP contribution in [0.5, 0.6) is 5.75 Å². The minimum Gasteiger partial charge on any atom is -0.496 e. The minimum absolute atomic E-state index is 0.105. The van der Waals surface area contributed by atoms with Crippen molar-refractivity contribution in [2.24, 2.45) is 0 Å². The molecule has 1 aromatic heterocycles. The second-order valence-corrected chi connectivity index (χ2v) is 8.93. The number of rotatable bonds is 4. The Labute approximate surface area is 151 Å². The van der Waals surface area contributed by atoms with Crippen LogP contribution in [0.3, 0.4) is 0 Å². The summed E-state index contributed by atoms with van der Waals surface area (Å²) in [5.41, 5.74) is 1.52. The highest BCUT2D eigenvalue weighted by atomic mass is 32.2. The predicted octanol–water partition coefficient (Wildman–Crippen LogP) is 2.21. The van der Waals surface area contributed by atoms with Crippen molar-refractivity contribution in [2.45, 2.75) is 11.1 Å². The molecule has 3 rings (SSSR count). The summed E-state index contributed by atoms with van der Waals surface area (Å²) in [5.74, 6) is 0.566. The van der Waals surface area contributed by atoms with Crippen LogP contribution >= 0.6 is 11.3 Å². The van der Waals surface area contributed by atoms with Gasteiger partial charge in [0.15, 0.2) is 0 Å². The largest absolute Gasteiger partial charge is 0.496 e. The van der Waals surface area contributed by atoms with E-state index in [9.17, 15) is 13.2 Å². The Morgan fingerprint density at radius 2 is 1.88 bits per heavy atom. The first kappa shape index (κ1) is 17.9. The van der Waals surface area contributed by atoms with Crippen molar-refractivity contribution in [1.82, 2.24) is 9.21 Å². The topological polar surface area (TPSA) is 66.9 Å². The number of benzene rings is 1. The molecule has 1 aliphatic rings. The standard InChI is InChI=1S/C17H20N2O4S2/c1-13-5-6-14(12-15(13)23-2)17(20)18-7-9-19(10-8-18)25(21,22)16-4-3-11-24-16/h3-6,11-12H,7-10H2,1-2H3. The Hall–Kier alpha value is -1.90. The van der Waals surface area contributed by atoms with Crippen molar-refractivity contribution in [3.05, 3.63) is 46.8 Å². The summed E-state index contributed by atoms with van der Waals surface area (Å²) in [7, 11) is -1.88. The zero-order chi connectivity index (χ0) is 18.0. The Morgan fingerprint density at radius 1 is 1.16 bits per heavy atom. The van der Waals surface area contributed by atoms with Crippen molar-refractivity contribution >= 4 is 27.3 Å². The van der Waals surface area contributed by atoms with E-state index in [1.54, 1.807) is 41.7 Å². The molecule has 1 fully saturated rings. The molecule has 25 heavy (non-hydrogen) atoms. The minimum atomic E-state index is -3.45. The summed E-state index contributed by atoms with van der Waals surface area (Å²) in [4.78, 5) is 14.4. The number of aryl methyl sites for hydroxylation is 1. The molecule has 0 saturated carbocycles. The number of sulfonamides is 1. The molecule has 0 radical (unpaired) electrons. The van der Waals surface area contributed by atoms with Gasteiger partial charge in [-0.25, -0.2) is 8.42 Å². The normalized spacial score (nSPS) is 16.0. The van der Waals surface area contributed by atoms with Gasteiger partial charge in [-0.1, -0.05) is 12.1 Å². The Morgan fingerprint density at radius 3 is 2.48 bits per heavy atom. The summed E-state index contributed by atoms with van der Waals surface area (Å²) in [6.07, 6.45) is 0. The van der Waals surface area contributed by atoms with Gasteiger partial charge in [-0.3, -0.25) is 4.79 Å². The number of piperazine rings is 1. The summed E-state index contributed by atoms with van der Waals surface area (Å²) in [5, 5.41) is 1.75. The average molecular weight is 380 g/mol. The number of methoxy groups -OCH3 is 1. The van der Waals surface area contributed by atoms with E-state index >= 15 is 0 Å². The van der Waals surface area contributed by atoms with Gasteiger partial charge in [0.25, 0.3) is 15.9 Å². The first-order valence-corrected chi connectivity index (χ1v) is 10.2. The van der Waals surface area contributed by atoms with Gasteiger partial charge in [0, 0.05) is 31.7 Å². The van der Waals surface area contributed by atoms with E-state index < -0.39 is 10.0 Å². The van der Waals surface area contributed by atoms with Crippen LogP contribution in [-0.2, 0) is 10.0 Å². The lowest BCUT2D eigenvalue weighted by Crippen LogP contribution is -2.50. The van der Waals surface area contributed by atoms with Gasteiger partial charge in [0.2, 0.25) is 0 Å². The molecule has 1 amide bonds. The Bertz CT molecular complexity index is 855. The Balaban J connectivity index is 1.69. The molecule has 0 spiro atoms. The van der Waals surface area contributed by atoms with E-state index in [0.717, 1.165) is 5.56 Å². The van der Waals surface area contributed by atoms with Crippen LogP contribution in [0.15, 0.2) is 39.9 Å². The first-order chi connectivity index (χ1) is 11.9. The molecule has 6 nitrogen and oxygen atoms in total. The number of ether oxygens (including phenoxy) is 1. The van der Waals surface area contributed by atoms with E-state index in [1.807, 2.05) is 13.0 Å². The summed E-state index contributed by atoms with van der Waals surface area (Å²) < 4.78 is 32.1. The van der Waals surface area contributed by atoms with Gasteiger partial charge in [-0.2, -0.15) is 4.31 Å². The fourth-order valence-corrected chi connectivity index (χ4v) is 5.37. The summed E-state index contributed by atoms with van der Waals surface area (Å²) in [6, 6.07) is 8.68. The molecule has 0 N–H and O–H groups in total. The van der Waals surface area contributed by atoms with E-state index in [-0.39, 0.29) is 5.91 Å². The average Bonchev–Trinajstić information content (AvgIpc) is 3.17. The van der Waals surface area contributed by atoms with Gasteiger partial charge >= 0.3 is 0 Å². The van der Waals surface area contributed by atoms with Crippen molar-refractivity contribution in [3.63, 3.8) is 0 Å². The highest BCUT2D eigenvalue weighted by Gasteiger charge is 2.31. The molecule has 1 aliphatic heterocycles. The van der Waals surface area contributed by atoms with Gasteiger partial charge in [-0.15, -0.1) is 11.3 Å². The van der Waals surface area contributed by atoms with E-state index in [4.69, 9.17) is 4.74 Å². The maximum atomic E-state index is 12.7. The van der Waals surface area contributed by atoms with Crippen LogP contribution in [0.1, 0.15) is 15.9 Å². The molecule has 0 bridgehead atoms. The second-order valence-electron chi connectivity index (χ2n) is 5.81. The van der Waals surface area contributed by atoms with Crippen molar-refractivity contribution in [2.75, 3.05) is 33.3 Å². The molecular formula is C17H20N2O4S2. The van der Waals surface area contributed by atoms with E-state index in [0.29, 0.717) is 41.7 Å². The molecule has 2 heterocycles. The fourth-order valence-electron chi connectivity index (χ4n) is 2.80. The number of carbonyl (C=O) groups excluding carboxylic acids is 1. The molecule has 2 aromatic rings. The number of thiophene rings is 1. The SMILES string of the molecule is COc1cc(C(=O)N2CCN(S(=O)(=O)c3cccs3)CC2)ccc1C. The molecular weight excluding hydrogens is 360 g/mol. The van der Waals surface area contributed by atoms with Crippen molar-refractivity contribution in [3.8, 4) is 5.75 Å². The molecule has 0 aliphatic carbocycles. The quantitative estimate of drug-likeness (QED) is 0.816. The number of hydrogen-bond donors (Lipinski definition) is 0. The highest BCUT2D eigenvalue weighted by Crippen LogP contribution is 2.23. The number of nitrogens with zero attached hydrogens (tertiary/aromatic N) is 2. The van der Waals surface area contributed by atoms with Crippen LogP contribution in [0.4, 0.5) is 0 Å². The summed E-state index contributed by atoms with van der Waals surface area (Å²) in [6.45, 7) is 3.27. The fraction of sp³-hybridized carbons (Fsp3) is 0.353. The third-order valence-electron chi connectivity index (χ3n) is 4.27. The van der Waals surface area contributed by atoms with Crippen LogP contribution in [-0.4, -0.2) is 56.8 Å². The van der Waals surface area contributed by atoms with Crippen molar-refractivity contribution < 1.29 is 17.9 Å². The second kappa shape index (κ2) is 7.15. The number of hydrogen-bond acceptors (Lipinski definition) is 5. The number of amides is 1. The van der Waals surface area contributed by atoms with E-state index in [2.05, 4.69) is 0 Å². The van der Waals surface area contributed by atoms with E-state index in [1.165, 1.54) is 15.6 Å². The highest BCUT2D eigenvalue weighted by molar-refractivity contribution is 7.91. The van der Waals surface area contributed by atoms with Gasteiger partial charge in [0.1, 0.15) is 9.96 Å². The van der Waals surface area contributed by atoms with Crippen LogP contribution in [0, 0.1) is 6.92 Å². The molecule has 1 aromatic carbocycles. The van der Waals surface area contributed by atoms with Gasteiger partial charge < -0.3 is 9.64 Å². The third kappa shape index (κ3) is 3.56. The van der Waals surface area contributed by atoms with Gasteiger partial charge in [0.05, 0.1) is 7.11 Å². The molecule has 134 valence electrons. The predicted molar refractivity (Wildman–Crippen MR) is 96.7 cm³/mol. The molecule has 0 atom stereocenters. The maximum absolute atomic E-state index is 12.7. The number of carbonyl (C=O) groups is 1. The zero-order valence-corrected chi connectivity index (χ0v) is 15.8. The lowest BCUT2D eigenvalue weighted by molar-refractivity contribution is 0.0697. The van der Waals surface area contributed by atoms with Crippen LogP contribution in [0.25, 0.3) is 0 Å². The maximum Gasteiger partial charge on any atom is 0.254 e. The summed E-state index contributed by atoms with van der Waals surface area (Å²) >= 11 is 1.21. The first-order valence-electron chi connectivity index (χ1n) is 7.91. The Kier molecular flexibility index (Phi) is 5.12. The lowest BCUT2D eigenvalue weighted by atomic mass is 10.1. The molecule has 0 unspecified atom stereocenters. The smallest absolute Gasteiger partial charge is 0.254 e. The monoisotopic (exact) mass is 380 g/mol. The lowest BCUT2D eigenvalue weighted by Gasteiger charge is -2.33. The van der Waals surface area contributed by atoms with Crippen LogP contribution < -0.4 is 4.74 Å². The van der Waals surface area contributed by atoms with Crippen molar-refractivity contribution in [1.29, 1.82) is 0 Å². The third-order valence-corrected chi connectivity index (χ3v) is 7.54. The molecule has 8 heteroatoms. The zero-order valence-electron chi connectivity index (χ0n) is 14.1. The molecule has 1 saturated heterocycles. The van der Waals surface area contributed by atoms with Crippen LogP contribution in [0.2, 0.25) is 0 Å². The van der Waals surface area contributed by atoms with Gasteiger partial charge in [-0.05, 0) is 36.1 Å².